The molecule has 4 aromatic rings. The van der Waals surface area contributed by atoms with Crippen LogP contribution in [0.2, 0.25) is 0 Å². The Kier molecular flexibility index (Phi) is 10.0. The van der Waals surface area contributed by atoms with Gasteiger partial charge in [0.1, 0.15) is 12.9 Å². The summed E-state index contributed by atoms with van der Waals surface area (Å²) in [6.45, 7) is 4.06. The molecule has 3 atom stereocenters. The molecule has 1 saturated heterocycles. The van der Waals surface area contributed by atoms with Crippen molar-refractivity contribution in [1.29, 1.82) is 0 Å². The molecule has 1 aliphatic rings. The fraction of sp³-hybridized carbons (Fsp3) is 0.281. The van der Waals surface area contributed by atoms with E-state index < -0.39 is 12.4 Å². The predicted molar refractivity (Wildman–Crippen MR) is 160 cm³/mol. The lowest BCUT2D eigenvalue weighted by Crippen LogP contribution is -2.31. The fourth-order valence-corrected chi connectivity index (χ4v) is 5.63. The van der Waals surface area contributed by atoms with Gasteiger partial charge in [0.2, 0.25) is 0 Å². The van der Waals surface area contributed by atoms with E-state index in [1.54, 1.807) is 18.1 Å². The quantitative estimate of drug-likeness (QED) is 0.170. The molecule has 1 aliphatic heterocycles. The van der Waals surface area contributed by atoms with Gasteiger partial charge in [-0.2, -0.15) is 0 Å². The van der Waals surface area contributed by atoms with Crippen LogP contribution in [0.15, 0.2) is 96.9 Å². The molecule has 9 nitrogen and oxygen atoms in total. The number of hydrogen-bond acceptors (Lipinski definition) is 8. The molecule has 0 spiro atoms. The molecular formula is C32H34N4O5S. The minimum absolute atomic E-state index is 0.000554. The lowest BCUT2D eigenvalue weighted by Gasteiger charge is -2.36. The van der Waals surface area contributed by atoms with E-state index in [1.807, 2.05) is 84.4 Å². The average Bonchev–Trinajstić information content (AvgIpc) is 3.46. The third-order valence-electron chi connectivity index (χ3n) is 6.95. The van der Waals surface area contributed by atoms with Crippen LogP contribution < -0.4 is 5.32 Å². The van der Waals surface area contributed by atoms with Gasteiger partial charge < -0.3 is 29.2 Å². The van der Waals surface area contributed by atoms with Crippen molar-refractivity contribution in [2.24, 2.45) is 7.05 Å². The Morgan fingerprint density at radius 2 is 1.88 bits per heavy atom. The first-order valence-electron chi connectivity index (χ1n) is 13.7. The zero-order valence-electron chi connectivity index (χ0n) is 23.4. The number of carbonyl (C=O) groups excluding carboxylic acids is 1. The van der Waals surface area contributed by atoms with Crippen molar-refractivity contribution < 1.29 is 24.1 Å². The molecule has 2 N–H and O–H groups in total. The molecule has 0 saturated carbocycles. The van der Waals surface area contributed by atoms with Gasteiger partial charge in [0.05, 0.1) is 18.8 Å². The minimum Gasteiger partial charge on any atom is -0.445 e. The first-order chi connectivity index (χ1) is 20.5. The molecule has 5 rings (SSSR count). The van der Waals surface area contributed by atoms with Gasteiger partial charge in [0, 0.05) is 31.3 Å². The van der Waals surface area contributed by atoms with Crippen LogP contribution >= 0.6 is 11.8 Å². The Morgan fingerprint density at radius 3 is 2.60 bits per heavy atom. The third kappa shape index (κ3) is 7.46. The number of aryl methyl sites for hydroxylation is 1. The molecule has 2 heterocycles. The van der Waals surface area contributed by atoms with E-state index in [1.165, 1.54) is 6.08 Å². The standard InChI is InChI=1S/C32H34N4O5S/c1-3-16-39-32(38)33-18-26-6-4-5-7-28(26)23-12-14-25(15-13-23)30-40-27(20-42-31-35-34-21-36(31)2)17-29(41-30)24-10-8-22(19-37)9-11-24/h3-15,21,27,29-30,37H,1,16-20H2,2H3,(H,33,38)/t27-,29+,30+/m0/s1. The van der Waals surface area contributed by atoms with Gasteiger partial charge in [-0.3, -0.25) is 0 Å². The Bertz CT molecular complexity index is 1480. The van der Waals surface area contributed by atoms with Crippen molar-refractivity contribution in [3.63, 3.8) is 0 Å². The van der Waals surface area contributed by atoms with Crippen molar-refractivity contribution in [1.82, 2.24) is 20.1 Å². The van der Waals surface area contributed by atoms with Crippen molar-refractivity contribution in [2.45, 2.75) is 43.2 Å². The van der Waals surface area contributed by atoms with Crippen LogP contribution in [0.25, 0.3) is 11.1 Å². The highest BCUT2D eigenvalue weighted by Crippen LogP contribution is 2.39. The van der Waals surface area contributed by atoms with Gasteiger partial charge in [-0.05, 0) is 27.8 Å². The SMILES string of the molecule is C=CCOC(=O)NCc1ccccc1-c1ccc([C@@H]2O[C@H](CSc3nncn3C)C[C@H](c3ccc(CO)cc3)O2)cc1. The van der Waals surface area contributed by atoms with Crippen LogP contribution in [-0.4, -0.2) is 44.4 Å². The number of carbonyl (C=O) groups is 1. The summed E-state index contributed by atoms with van der Waals surface area (Å²) in [5.74, 6) is 0.700. The zero-order valence-corrected chi connectivity index (χ0v) is 24.2. The number of nitrogens with one attached hydrogen (secondary N) is 1. The summed E-state index contributed by atoms with van der Waals surface area (Å²) in [6.07, 6.45) is 2.60. The molecule has 10 heteroatoms. The average molecular weight is 587 g/mol. The first-order valence-corrected chi connectivity index (χ1v) is 14.7. The number of benzene rings is 3. The molecule has 0 aliphatic carbocycles. The van der Waals surface area contributed by atoms with Crippen LogP contribution in [0, 0.1) is 0 Å². The maximum Gasteiger partial charge on any atom is 0.407 e. The summed E-state index contributed by atoms with van der Waals surface area (Å²) in [5, 5.41) is 21.2. The van der Waals surface area contributed by atoms with Gasteiger partial charge in [-0.25, -0.2) is 4.79 Å². The van der Waals surface area contributed by atoms with Gasteiger partial charge in [0.15, 0.2) is 11.4 Å². The van der Waals surface area contributed by atoms with Crippen LogP contribution in [-0.2, 0) is 34.4 Å². The van der Waals surface area contributed by atoms with Gasteiger partial charge in [0.25, 0.3) is 0 Å². The Morgan fingerprint density at radius 1 is 1.12 bits per heavy atom. The number of amides is 1. The van der Waals surface area contributed by atoms with Crippen molar-refractivity contribution in [3.8, 4) is 11.1 Å². The normalized spacial score (nSPS) is 18.4. The third-order valence-corrected chi connectivity index (χ3v) is 8.12. The molecule has 0 unspecified atom stereocenters. The Hall–Kier alpha value is -3.96. The number of rotatable bonds is 11. The fourth-order valence-electron chi connectivity index (χ4n) is 4.72. The zero-order chi connectivity index (χ0) is 29.3. The number of nitrogens with zero attached hydrogens (tertiary/aromatic N) is 3. The highest BCUT2D eigenvalue weighted by molar-refractivity contribution is 7.99. The van der Waals surface area contributed by atoms with E-state index >= 15 is 0 Å². The maximum absolute atomic E-state index is 11.9. The van der Waals surface area contributed by atoms with Crippen LogP contribution in [0.1, 0.15) is 41.1 Å². The van der Waals surface area contributed by atoms with Crippen molar-refractivity contribution >= 4 is 17.9 Å². The van der Waals surface area contributed by atoms with Gasteiger partial charge in [-0.15, -0.1) is 10.2 Å². The van der Waals surface area contributed by atoms with E-state index in [4.69, 9.17) is 14.2 Å². The molecule has 42 heavy (non-hydrogen) atoms. The first kappa shape index (κ1) is 29.5. The largest absolute Gasteiger partial charge is 0.445 e. The van der Waals surface area contributed by atoms with E-state index in [0.29, 0.717) is 18.7 Å². The lowest BCUT2D eigenvalue weighted by atomic mass is 9.98. The van der Waals surface area contributed by atoms with Crippen molar-refractivity contribution in [3.05, 3.63) is 114 Å². The molecule has 1 amide bonds. The number of aliphatic hydroxyl groups is 1. The Labute approximate surface area is 249 Å². The van der Waals surface area contributed by atoms with E-state index in [2.05, 4.69) is 22.1 Å². The van der Waals surface area contributed by atoms with Crippen LogP contribution in [0.3, 0.4) is 0 Å². The number of alkyl carbamates (subject to hydrolysis) is 1. The van der Waals surface area contributed by atoms with Crippen molar-refractivity contribution in [2.75, 3.05) is 12.4 Å². The molecule has 0 bridgehead atoms. The number of thioether (sulfide) groups is 1. The molecular weight excluding hydrogens is 552 g/mol. The predicted octanol–water partition coefficient (Wildman–Crippen LogP) is 5.72. The smallest absolute Gasteiger partial charge is 0.407 e. The van der Waals surface area contributed by atoms with Crippen LogP contribution in [0.5, 0.6) is 0 Å². The summed E-state index contributed by atoms with van der Waals surface area (Å²) in [7, 11) is 1.92. The number of aliphatic hydroxyl groups excluding tert-OH is 1. The second-order valence-electron chi connectivity index (χ2n) is 9.91. The lowest BCUT2D eigenvalue weighted by molar-refractivity contribution is -0.245. The number of ether oxygens (including phenoxy) is 3. The monoisotopic (exact) mass is 586 g/mol. The van der Waals surface area contributed by atoms with E-state index in [0.717, 1.165) is 38.5 Å². The topological polar surface area (TPSA) is 108 Å². The summed E-state index contributed by atoms with van der Waals surface area (Å²) >= 11 is 1.60. The summed E-state index contributed by atoms with van der Waals surface area (Å²) < 4.78 is 19.9. The minimum atomic E-state index is -0.558. The number of hydrogen-bond donors (Lipinski definition) is 2. The molecule has 1 aromatic heterocycles. The van der Waals surface area contributed by atoms with Gasteiger partial charge >= 0.3 is 6.09 Å². The molecule has 1 fully saturated rings. The second kappa shape index (κ2) is 14.3. The summed E-state index contributed by atoms with van der Waals surface area (Å²) in [4.78, 5) is 11.9. The molecule has 218 valence electrons. The maximum atomic E-state index is 11.9. The summed E-state index contributed by atoms with van der Waals surface area (Å²) in [5.41, 5.74) is 5.80. The highest BCUT2D eigenvalue weighted by atomic mass is 32.2. The second-order valence-corrected chi connectivity index (χ2v) is 10.9. The highest BCUT2D eigenvalue weighted by Gasteiger charge is 2.32. The van der Waals surface area contributed by atoms with Gasteiger partial charge in [-0.1, -0.05) is 97.2 Å². The summed E-state index contributed by atoms with van der Waals surface area (Å²) in [6, 6.07) is 23.9. The molecule has 0 radical (unpaired) electrons. The number of aromatic nitrogens is 3. The Balaban J connectivity index is 1.33. The van der Waals surface area contributed by atoms with Crippen LogP contribution in [0.4, 0.5) is 4.79 Å². The van der Waals surface area contributed by atoms with E-state index in [9.17, 15) is 9.90 Å². The molecule has 3 aromatic carbocycles. The van der Waals surface area contributed by atoms with E-state index in [-0.39, 0.29) is 25.4 Å².